The van der Waals surface area contributed by atoms with Crippen molar-refractivity contribution < 1.29 is 19.6 Å². The minimum absolute atomic E-state index is 0.241. The second-order valence-electron chi connectivity index (χ2n) is 6.75. The third kappa shape index (κ3) is 13.9. The van der Waals surface area contributed by atoms with Crippen LogP contribution >= 0.6 is 0 Å². The fourth-order valence-electron chi connectivity index (χ4n) is 1.12. The first-order valence-electron chi connectivity index (χ1n) is 6.71. The van der Waals surface area contributed by atoms with Crippen molar-refractivity contribution in [3.05, 3.63) is 0 Å². The van der Waals surface area contributed by atoms with Crippen LogP contribution in [0, 0.1) is 5.92 Å². The Balaban J connectivity index is 3.40. The van der Waals surface area contributed by atoms with Crippen molar-refractivity contribution >= 4 is 0 Å². The predicted molar refractivity (Wildman–Crippen MR) is 72.0 cm³/mol. The average molecular weight is 262 g/mol. The zero-order valence-electron chi connectivity index (χ0n) is 13.0. The molecule has 0 radical (unpaired) electrons. The molecule has 4 nitrogen and oxygen atoms in total. The third-order valence-corrected chi connectivity index (χ3v) is 1.90. The van der Waals surface area contributed by atoms with Gasteiger partial charge in [0.25, 0.3) is 0 Å². The van der Waals surface area contributed by atoms with Gasteiger partial charge in [-0.05, 0) is 60.3 Å². The van der Waals surface area contributed by atoms with E-state index in [9.17, 15) is 0 Å². The first-order valence-corrected chi connectivity index (χ1v) is 6.71. The minimum atomic E-state index is -0.247. The summed E-state index contributed by atoms with van der Waals surface area (Å²) in [6.45, 7) is 15.2. The molecule has 1 atom stereocenters. The maximum atomic E-state index is 5.22. The van der Waals surface area contributed by atoms with E-state index in [0.29, 0.717) is 19.1 Å². The maximum Gasteiger partial charge on any atom is 0.0952 e. The molecule has 18 heavy (non-hydrogen) atoms. The minimum Gasteiger partial charge on any atom is -0.236 e. The summed E-state index contributed by atoms with van der Waals surface area (Å²) in [6.07, 6.45) is 1.98. The highest BCUT2D eigenvalue weighted by Crippen LogP contribution is 2.12. The Morgan fingerprint density at radius 3 is 1.83 bits per heavy atom. The molecular weight excluding hydrogens is 232 g/mol. The van der Waals surface area contributed by atoms with Crippen LogP contribution in [0.3, 0.4) is 0 Å². The lowest BCUT2D eigenvalue weighted by atomic mass is 10.1. The summed E-state index contributed by atoms with van der Waals surface area (Å²) in [6, 6.07) is 0. The molecule has 0 aliphatic heterocycles. The number of rotatable bonds is 8. The van der Waals surface area contributed by atoms with Gasteiger partial charge < -0.3 is 0 Å². The van der Waals surface area contributed by atoms with Gasteiger partial charge >= 0.3 is 0 Å². The van der Waals surface area contributed by atoms with Crippen LogP contribution in [0.1, 0.15) is 61.3 Å². The van der Waals surface area contributed by atoms with Gasteiger partial charge in [0, 0.05) is 0 Å². The Bertz CT molecular complexity index is 203. The molecule has 0 aliphatic rings. The van der Waals surface area contributed by atoms with Crippen LogP contribution in [0.5, 0.6) is 0 Å². The Morgan fingerprint density at radius 1 is 0.833 bits per heavy atom. The number of hydrogen-bond acceptors (Lipinski definition) is 4. The van der Waals surface area contributed by atoms with Gasteiger partial charge in [-0.3, -0.25) is 0 Å². The van der Waals surface area contributed by atoms with Crippen LogP contribution in [0.4, 0.5) is 0 Å². The van der Waals surface area contributed by atoms with Crippen molar-refractivity contribution in [2.75, 3.05) is 13.2 Å². The van der Waals surface area contributed by atoms with Gasteiger partial charge in [-0.25, -0.2) is 19.6 Å². The maximum absolute atomic E-state index is 5.22. The highest BCUT2D eigenvalue weighted by Gasteiger charge is 2.13. The van der Waals surface area contributed by atoms with Crippen molar-refractivity contribution in [2.45, 2.75) is 72.5 Å². The van der Waals surface area contributed by atoms with E-state index in [1.54, 1.807) is 0 Å². The summed E-state index contributed by atoms with van der Waals surface area (Å²) in [5, 5.41) is 0. The zero-order valence-corrected chi connectivity index (χ0v) is 13.0. The Labute approximate surface area is 112 Å². The van der Waals surface area contributed by atoms with Crippen LogP contribution in [-0.4, -0.2) is 24.4 Å². The summed E-state index contributed by atoms with van der Waals surface area (Å²) >= 11 is 0. The van der Waals surface area contributed by atoms with Gasteiger partial charge in [0.15, 0.2) is 0 Å². The molecule has 0 fully saturated rings. The summed E-state index contributed by atoms with van der Waals surface area (Å²) in [5.41, 5.74) is -0.487. The molecule has 110 valence electrons. The zero-order chi connectivity index (χ0) is 14.2. The van der Waals surface area contributed by atoms with Gasteiger partial charge in [0.2, 0.25) is 0 Å². The van der Waals surface area contributed by atoms with Crippen LogP contribution in [0.2, 0.25) is 0 Å². The summed E-state index contributed by atoms with van der Waals surface area (Å²) in [5.74, 6) is 0.450. The fraction of sp³-hybridized carbons (Fsp3) is 1.00. The molecule has 4 heteroatoms. The lowest BCUT2D eigenvalue weighted by molar-refractivity contribution is -0.355. The highest BCUT2D eigenvalue weighted by molar-refractivity contribution is 4.56. The van der Waals surface area contributed by atoms with Crippen molar-refractivity contribution in [1.82, 2.24) is 0 Å². The van der Waals surface area contributed by atoms with Crippen LogP contribution in [0.25, 0.3) is 0 Å². The van der Waals surface area contributed by atoms with E-state index >= 15 is 0 Å². The molecule has 0 heterocycles. The summed E-state index contributed by atoms with van der Waals surface area (Å²) in [4.78, 5) is 20.7. The molecular formula is C14H30O4. The molecule has 0 aliphatic carbocycles. The SMILES string of the molecule is CC(CCCOOC(C)(C)C)COOC(C)(C)C. The number of hydrogen-bond donors (Lipinski definition) is 0. The molecule has 0 saturated heterocycles. The van der Waals surface area contributed by atoms with Gasteiger partial charge in [-0.1, -0.05) is 6.92 Å². The normalized spacial score (nSPS) is 14.8. The molecule has 0 rings (SSSR count). The van der Waals surface area contributed by atoms with Crippen LogP contribution in [-0.2, 0) is 19.6 Å². The van der Waals surface area contributed by atoms with Crippen LogP contribution in [0.15, 0.2) is 0 Å². The fourth-order valence-corrected chi connectivity index (χ4v) is 1.12. The summed E-state index contributed by atoms with van der Waals surface area (Å²) in [7, 11) is 0. The van der Waals surface area contributed by atoms with E-state index in [1.807, 2.05) is 41.5 Å². The lowest BCUT2D eigenvalue weighted by Gasteiger charge is -2.20. The summed E-state index contributed by atoms with van der Waals surface area (Å²) < 4.78 is 0. The predicted octanol–water partition coefficient (Wildman–Crippen LogP) is 3.90. The first kappa shape index (κ1) is 17.8. The molecule has 0 spiro atoms. The topological polar surface area (TPSA) is 36.9 Å². The smallest absolute Gasteiger partial charge is 0.0952 e. The Morgan fingerprint density at radius 2 is 1.33 bits per heavy atom. The Hall–Kier alpha value is -0.160. The van der Waals surface area contributed by atoms with E-state index in [2.05, 4.69) is 6.92 Å². The third-order valence-electron chi connectivity index (χ3n) is 1.90. The van der Waals surface area contributed by atoms with Crippen molar-refractivity contribution in [3.63, 3.8) is 0 Å². The van der Waals surface area contributed by atoms with E-state index in [1.165, 1.54) is 0 Å². The van der Waals surface area contributed by atoms with E-state index in [4.69, 9.17) is 19.6 Å². The molecule has 0 aromatic rings. The molecule has 0 aromatic carbocycles. The molecule has 1 unspecified atom stereocenters. The molecule has 0 saturated carbocycles. The second kappa shape index (κ2) is 8.10. The highest BCUT2D eigenvalue weighted by atomic mass is 17.2. The molecule has 0 N–H and O–H groups in total. The molecule has 0 aromatic heterocycles. The first-order chi connectivity index (χ1) is 8.10. The Kier molecular flexibility index (Phi) is 8.03. The van der Waals surface area contributed by atoms with E-state index in [0.717, 1.165) is 12.8 Å². The molecule has 0 bridgehead atoms. The monoisotopic (exact) mass is 262 g/mol. The van der Waals surface area contributed by atoms with Gasteiger partial charge in [-0.2, -0.15) is 0 Å². The van der Waals surface area contributed by atoms with E-state index < -0.39 is 0 Å². The standard InChI is InChI=1S/C14H30O4/c1-12(11-16-18-14(5,6)7)9-8-10-15-17-13(2,3)4/h12H,8-11H2,1-7H3. The van der Waals surface area contributed by atoms with Gasteiger partial charge in [0.1, 0.15) is 0 Å². The molecule has 0 amide bonds. The van der Waals surface area contributed by atoms with Crippen molar-refractivity contribution in [1.29, 1.82) is 0 Å². The van der Waals surface area contributed by atoms with Gasteiger partial charge in [-0.15, -0.1) is 0 Å². The van der Waals surface area contributed by atoms with E-state index in [-0.39, 0.29) is 11.2 Å². The van der Waals surface area contributed by atoms with Gasteiger partial charge in [0.05, 0.1) is 24.4 Å². The second-order valence-corrected chi connectivity index (χ2v) is 6.75. The van der Waals surface area contributed by atoms with Crippen LogP contribution < -0.4 is 0 Å². The van der Waals surface area contributed by atoms with Crippen molar-refractivity contribution in [3.8, 4) is 0 Å². The quantitative estimate of drug-likeness (QED) is 0.378. The lowest BCUT2D eigenvalue weighted by Crippen LogP contribution is -2.21. The largest absolute Gasteiger partial charge is 0.236 e. The van der Waals surface area contributed by atoms with Crippen molar-refractivity contribution in [2.24, 2.45) is 5.92 Å². The average Bonchev–Trinajstić information content (AvgIpc) is 2.13.